The lowest BCUT2D eigenvalue weighted by Gasteiger charge is -2.12. The van der Waals surface area contributed by atoms with Gasteiger partial charge in [-0.3, -0.25) is 9.59 Å². The summed E-state index contributed by atoms with van der Waals surface area (Å²) in [5.41, 5.74) is 1.70. The Bertz CT molecular complexity index is 978. The Morgan fingerprint density at radius 1 is 1.00 bits per heavy atom. The number of hydrogen-bond donors (Lipinski definition) is 1. The number of ketones is 1. The van der Waals surface area contributed by atoms with E-state index in [0.29, 0.717) is 29.4 Å². The first-order chi connectivity index (χ1) is 15.2. The van der Waals surface area contributed by atoms with Crippen LogP contribution in [0.3, 0.4) is 0 Å². The lowest BCUT2D eigenvalue weighted by molar-refractivity contribution is -0.140. The molecule has 2 aromatic carbocycles. The van der Waals surface area contributed by atoms with Gasteiger partial charge in [-0.2, -0.15) is 0 Å². The molecule has 0 aromatic heterocycles. The van der Waals surface area contributed by atoms with Crippen LogP contribution in [0.1, 0.15) is 43.6 Å². The van der Waals surface area contributed by atoms with Crippen LogP contribution in [0.5, 0.6) is 11.5 Å². The number of benzene rings is 2. The molecule has 1 amide bonds. The van der Waals surface area contributed by atoms with Crippen molar-refractivity contribution in [1.29, 1.82) is 0 Å². The number of ether oxygens (including phenoxy) is 3. The third-order valence-corrected chi connectivity index (χ3v) is 4.52. The van der Waals surface area contributed by atoms with Crippen molar-refractivity contribution in [2.75, 3.05) is 19.0 Å². The van der Waals surface area contributed by atoms with Crippen molar-refractivity contribution in [3.63, 3.8) is 0 Å². The van der Waals surface area contributed by atoms with Gasteiger partial charge in [0.2, 0.25) is 11.7 Å². The number of Topliss-reactive ketones (excluding diaryl/α,β-unsaturated/α-hetero) is 1. The van der Waals surface area contributed by atoms with Gasteiger partial charge in [-0.25, -0.2) is 4.79 Å². The van der Waals surface area contributed by atoms with E-state index in [0.717, 1.165) is 5.56 Å². The minimum atomic E-state index is -0.960. The third-order valence-electron chi connectivity index (χ3n) is 4.52. The van der Waals surface area contributed by atoms with Crippen molar-refractivity contribution < 1.29 is 28.6 Å². The van der Waals surface area contributed by atoms with Gasteiger partial charge in [-0.15, -0.1) is 0 Å². The molecule has 7 nitrogen and oxygen atoms in total. The molecular formula is C25H29NO6. The first-order valence-corrected chi connectivity index (χ1v) is 10.4. The Labute approximate surface area is 188 Å². The summed E-state index contributed by atoms with van der Waals surface area (Å²) in [5, 5.41) is 2.76. The zero-order valence-electron chi connectivity index (χ0n) is 19.0. The maximum absolute atomic E-state index is 12.6. The Morgan fingerprint density at radius 2 is 1.69 bits per heavy atom. The van der Waals surface area contributed by atoms with Gasteiger partial charge in [0.25, 0.3) is 0 Å². The smallest absolute Gasteiger partial charge is 0.331 e. The monoisotopic (exact) mass is 439 g/mol. The quantitative estimate of drug-likeness (QED) is 0.333. The Kier molecular flexibility index (Phi) is 9.01. The van der Waals surface area contributed by atoms with E-state index in [4.69, 9.17) is 14.2 Å². The standard InChI is InChI=1S/C25H29NO6/c1-6-31-21-13-7-18(15-22(21)30-5)8-14-23(27)32-17(4)24(28)19-9-11-20(12-10-19)26-25(29)16(2)3/h7-17H,6H2,1-5H3,(H,26,29)/b14-8+. The highest BCUT2D eigenvalue weighted by Gasteiger charge is 2.19. The van der Waals surface area contributed by atoms with E-state index in [1.54, 1.807) is 62.4 Å². The number of methoxy groups -OCH3 is 1. The zero-order chi connectivity index (χ0) is 23.7. The molecule has 0 aliphatic heterocycles. The van der Waals surface area contributed by atoms with Crippen LogP contribution in [0.15, 0.2) is 48.5 Å². The van der Waals surface area contributed by atoms with Crippen LogP contribution >= 0.6 is 0 Å². The Morgan fingerprint density at radius 3 is 2.28 bits per heavy atom. The fourth-order valence-corrected chi connectivity index (χ4v) is 2.73. The van der Waals surface area contributed by atoms with E-state index in [2.05, 4.69) is 5.32 Å². The molecule has 1 unspecified atom stereocenters. The second-order valence-corrected chi connectivity index (χ2v) is 7.34. The van der Waals surface area contributed by atoms with Crippen molar-refractivity contribution in [2.24, 2.45) is 5.92 Å². The van der Waals surface area contributed by atoms with Crippen LogP contribution < -0.4 is 14.8 Å². The predicted molar refractivity (Wildman–Crippen MR) is 123 cm³/mol. The summed E-state index contributed by atoms with van der Waals surface area (Å²) >= 11 is 0. The number of carbonyl (C=O) groups excluding carboxylic acids is 3. The molecule has 0 aliphatic rings. The molecule has 0 radical (unpaired) electrons. The molecule has 0 spiro atoms. The van der Waals surface area contributed by atoms with E-state index in [9.17, 15) is 14.4 Å². The average molecular weight is 440 g/mol. The summed E-state index contributed by atoms with van der Waals surface area (Å²) in [4.78, 5) is 36.5. The van der Waals surface area contributed by atoms with Gasteiger partial charge < -0.3 is 19.5 Å². The lowest BCUT2D eigenvalue weighted by Crippen LogP contribution is -2.23. The molecule has 0 bridgehead atoms. The van der Waals surface area contributed by atoms with Crippen LogP contribution in [-0.2, 0) is 14.3 Å². The normalized spacial score (nSPS) is 11.8. The molecule has 7 heteroatoms. The second-order valence-electron chi connectivity index (χ2n) is 7.34. The molecule has 0 fully saturated rings. The van der Waals surface area contributed by atoms with Crippen LogP contribution in [0, 0.1) is 5.92 Å². The third kappa shape index (κ3) is 6.97. The van der Waals surface area contributed by atoms with Crippen molar-refractivity contribution in [3.8, 4) is 11.5 Å². The minimum Gasteiger partial charge on any atom is -0.493 e. The molecule has 0 heterocycles. The number of rotatable bonds is 10. The Balaban J connectivity index is 1.97. The molecule has 0 saturated carbocycles. The minimum absolute atomic E-state index is 0.108. The summed E-state index contributed by atoms with van der Waals surface area (Å²) in [6.45, 7) is 7.50. The molecule has 0 saturated heterocycles. The molecule has 1 N–H and O–H groups in total. The van der Waals surface area contributed by atoms with Crippen molar-refractivity contribution in [3.05, 3.63) is 59.7 Å². The number of amides is 1. The molecule has 0 aliphatic carbocycles. The average Bonchev–Trinajstić information content (AvgIpc) is 2.78. The number of esters is 1. The summed E-state index contributed by atoms with van der Waals surface area (Å²) < 4.78 is 16.0. The molecule has 1 atom stereocenters. The Hall–Kier alpha value is -3.61. The largest absolute Gasteiger partial charge is 0.493 e. The van der Waals surface area contributed by atoms with Crippen LogP contribution in [0.4, 0.5) is 5.69 Å². The van der Waals surface area contributed by atoms with Gasteiger partial charge in [0.15, 0.2) is 17.6 Å². The first kappa shape index (κ1) is 24.7. The summed E-state index contributed by atoms with van der Waals surface area (Å²) in [6.07, 6.45) is 1.87. The summed E-state index contributed by atoms with van der Waals surface area (Å²) in [6, 6.07) is 11.7. The highest BCUT2D eigenvalue weighted by atomic mass is 16.5. The van der Waals surface area contributed by atoms with Crippen LogP contribution in [-0.4, -0.2) is 37.5 Å². The van der Waals surface area contributed by atoms with E-state index in [1.165, 1.54) is 20.1 Å². The topological polar surface area (TPSA) is 90.9 Å². The SMILES string of the molecule is CCOc1ccc(/C=C/C(=O)OC(C)C(=O)c2ccc(NC(=O)C(C)C)cc2)cc1OC. The van der Waals surface area contributed by atoms with Gasteiger partial charge in [0, 0.05) is 23.2 Å². The van der Waals surface area contributed by atoms with Gasteiger partial charge in [-0.1, -0.05) is 19.9 Å². The number of anilines is 1. The highest BCUT2D eigenvalue weighted by molar-refractivity contribution is 6.01. The zero-order valence-corrected chi connectivity index (χ0v) is 19.0. The fourth-order valence-electron chi connectivity index (χ4n) is 2.73. The molecule has 170 valence electrons. The summed E-state index contributed by atoms with van der Waals surface area (Å²) in [5.74, 6) is -0.0609. The van der Waals surface area contributed by atoms with Crippen molar-refractivity contribution in [2.45, 2.75) is 33.8 Å². The lowest BCUT2D eigenvalue weighted by atomic mass is 10.1. The molecule has 2 rings (SSSR count). The number of carbonyl (C=O) groups is 3. The maximum atomic E-state index is 12.6. The van der Waals surface area contributed by atoms with Gasteiger partial charge in [0.05, 0.1) is 13.7 Å². The van der Waals surface area contributed by atoms with E-state index in [-0.39, 0.29) is 17.6 Å². The highest BCUT2D eigenvalue weighted by Crippen LogP contribution is 2.28. The van der Waals surface area contributed by atoms with E-state index in [1.807, 2.05) is 6.92 Å². The van der Waals surface area contributed by atoms with Gasteiger partial charge in [-0.05, 0) is 61.9 Å². The van der Waals surface area contributed by atoms with Crippen LogP contribution in [0.25, 0.3) is 6.08 Å². The van der Waals surface area contributed by atoms with E-state index >= 15 is 0 Å². The molecule has 32 heavy (non-hydrogen) atoms. The molecular weight excluding hydrogens is 410 g/mol. The predicted octanol–water partition coefficient (Wildman–Crippen LogP) is 4.52. The number of hydrogen-bond acceptors (Lipinski definition) is 6. The first-order valence-electron chi connectivity index (χ1n) is 10.4. The van der Waals surface area contributed by atoms with Crippen molar-refractivity contribution in [1.82, 2.24) is 0 Å². The maximum Gasteiger partial charge on any atom is 0.331 e. The second kappa shape index (κ2) is 11.7. The fraction of sp³-hybridized carbons (Fsp3) is 0.320. The number of nitrogens with one attached hydrogen (secondary N) is 1. The summed E-state index contributed by atoms with van der Waals surface area (Å²) in [7, 11) is 1.54. The van der Waals surface area contributed by atoms with Crippen molar-refractivity contribution >= 4 is 29.4 Å². The van der Waals surface area contributed by atoms with Gasteiger partial charge >= 0.3 is 5.97 Å². The van der Waals surface area contributed by atoms with E-state index < -0.39 is 12.1 Å². The molecule has 2 aromatic rings. The van der Waals surface area contributed by atoms with Crippen LogP contribution in [0.2, 0.25) is 0 Å². The van der Waals surface area contributed by atoms with Gasteiger partial charge in [0.1, 0.15) is 0 Å².